The summed E-state index contributed by atoms with van der Waals surface area (Å²) in [6.45, 7) is 2.25. The van der Waals surface area contributed by atoms with Crippen LogP contribution < -0.4 is 5.32 Å². The van der Waals surface area contributed by atoms with Crippen molar-refractivity contribution in [2.75, 3.05) is 26.7 Å². The first-order valence-corrected chi connectivity index (χ1v) is 9.69. The van der Waals surface area contributed by atoms with Crippen LogP contribution in [0, 0.1) is 5.92 Å². The van der Waals surface area contributed by atoms with Crippen molar-refractivity contribution in [1.29, 1.82) is 0 Å². The summed E-state index contributed by atoms with van der Waals surface area (Å²) in [6, 6.07) is 13.2. The minimum absolute atomic E-state index is 0. The van der Waals surface area contributed by atoms with Gasteiger partial charge in [0.25, 0.3) is 0 Å². The van der Waals surface area contributed by atoms with Gasteiger partial charge in [0.1, 0.15) is 0 Å². The molecule has 1 fully saturated rings. The predicted molar refractivity (Wildman–Crippen MR) is 101 cm³/mol. The Kier molecular flexibility index (Phi) is 6.63. The molecule has 1 aliphatic heterocycles. The number of rotatable bonds is 5. The first kappa shape index (κ1) is 19.2. The molecule has 0 amide bonds. The van der Waals surface area contributed by atoms with Crippen molar-refractivity contribution in [3.05, 3.63) is 42.5 Å². The number of hydrogen-bond acceptors (Lipinski definition) is 3. The Morgan fingerprint density at radius 2 is 1.75 bits per heavy atom. The Labute approximate surface area is 150 Å². The number of nitrogens with zero attached hydrogens (tertiary/aromatic N) is 1. The molecule has 2 aromatic carbocycles. The summed E-state index contributed by atoms with van der Waals surface area (Å²) in [5.41, 5.74) is 0. The number of hydrogen-bond donors (Lipinski definition) is 1. The molecule has 0 bridgehead atoms. The fourth-order valence-electron chi connectivity index (χ4n) is 3.35. The number of sulfonamides is 1. The molecule has 132 valence electrons. The van der Waals surface area contributed by atoms with E-state index in [4.69, 9.17) is 0 Å². The third-order valence-electron chi connectivity index (χ3n) is 4.74. The van der Waals surface area contributed by atoms with E-state index < -0.39 is 10.0 Å². The van der Waals surface area contributed by atoms with E-state index >= 15 is 0 Å². The molecule has 1 N–H and O–H groups in total. The SMILES string of the molecule is CNCCC1CCN(S(=O)(=O)c2cccc3ccccc23)CC1.Cl. The van der Waals surface area contributed by atoms with Gasteiger partial charge in [0.2, 0.25) is 10.0 Å². The van der Waals surface area contributed by atoms with Crippen LogP contribution in [-0.2, 0) is 10.0 Å². The zero-order valence-electron chi connectivity index (χ0n) is 13.9. The van der Waals surface area contributed by atoms with E-state index in [2.05, 4.69) is 5.32 Å². The van der Waals surface area contributed by atoms with Crippen LogP contribution in [0.4, 0.5) is 0 Å². The number of nitrogens with one attached hydrogen (secondary N) is 1. The predicted octanol–water partition coefficient (Wildman–Crippen LogP) is 3.27. The van der Waals surface area contributed by atoms with Gasteiger partial charge in [0, 0.05) is 18.5 Å². The van der Waals surface area contributed by atoms with E-state index in [0.29, 0.717) is 23.9 Å². The number of halogens is 1. The highest BCUT2D eigenvalue weighted by Crippen LogP contribution is 2.29. The summed E-state index contributed by atoms with van der Waals surface area (Å²) in [5.74, 6) is 0.626. The second kappa shape index (κ2) is 8.30. The van der Waals surface area contributed by atoms with Gasteiger partial charge in [0.15, 0.2) is 0 Å². The number of benzene rings is 2. The molecule has 4 nitrogen and oxygen atoms in total. The minimum Gasteiger partial charge on any atom is -0.320 e. The van der Waals surface area contributed by atoms with Gasteiger partial charge in [-0.15, -0.1) is 12.4 Å². The molecule has 2 aromatic rings. The van der Waals surface area contributed by atoms with Crippen LogP contribution in [0.15, 0.2) is 47.4 Å². The van der Waals surface area contributed by atoms with Crippen LogP contribution in [0.25, 0.3) is 10.8 Å². The summed E-state index contributed by atoms with van der Waals surface area (Å²) in [6.07, 6.45) is 3.02. The molecule has 3 rings (SSSR count). The summed E-state index contributed by atoms with van der Waals surface area (Å²) in [5, 5.41) is 4.95. The normalized spacial score (nSPS) is 16.9. The van der Waals surface area contributed by atoms with Gasteiger partial charge in [0.05, 0.1) is 4.90 Å². The topological polar surface area (TPSA) is 49.4 Å². The van der Waals surface area contributed by atoms with Crippen molar-refractivity contribution in [1.82, 2.24) is 9.62 Å². The molecule has 6 heteroatoms. The Morgan fingerprint density at radius 3 is 2.46 bits per heavy atom. The fourth-order valence-corrected chi connectivity index (χ4v) is 5.03. The summed E-state index contributed by atoms with van der Waals surface area (Å²) in [7, 11) is -1.46. The van der Waals surface area contributed by atoms with E-state index in [1.165, 1.54) is 0 Å². The Morgan fingerprint density at radius 1 is 1.08 bits per heavy atom. The van der Waals surface area contributed by atoms with E-state index in [1.807, 2.05) is 43.4 Å². The maximum Gasteiger partial charge on any atom is 0.243 e. The standard InChI is InChI=1S/C18H24N2O2S.ClH/c1-19-12-9-15-10-13-20(14-11-15)23(21,22)18-8-4-6-16-5-2-3-7-17(16)18;/h2-8,15,19H,9-14H2,1H3;1H. The van der Waals surface area contributed by atoms with E-state index in [9.17, 15) is 8.42 Å². The van der Waals surface area contributed by atoms with Crippen molar-refractivity contribution in [3.8, 4) is 0 Å². The van der Waals surface area contributed by atoms with Crippen LogP contribution in [-0.4, -0.2) is 39.4 Å². The van der Waals surface area contributed by atoms with E-state index in [1.54, 1.807) is 10.4 Å². The molecule has 24 heavy (non-hydrogen) atoms. The van der Waals surface area contributed by atoms with Crippen molar-refractivity contribution >= 4 is 33.2 Å². The third kappa shape index (κ3) is 3.91. The van der Waals surface area contributed by atoms with Gasteiger partial charge >= 0.3 is 0 Å². The lowest BCUT2D eigenvalue weighted by Gasteiger charge is -2.31. The molecule has 0 atom stereocenters. The molecule has 0 radical (unpaired) electrons. The van der Waals surface area contributed by atoms with Gasteiger partial charge in [-0.3, -0.25) is 0 Å². The van der Waals surface area contributed by atoms with Crippen molar-refractivity contribution in [2.24, 2.45) is 5.92 Å². The maximum absolute atomic E-state index is 13.0. The largest absolute Gasteiger partial charge is 0.320 e. The Bertz CT molecular complexity index is 766. The molecule has 0 aromatic heterocycles. The van der Waals surface area contributed by atoms with Crippen molar-refractivity contribution in [2.45, 2.75) is 24.2 Å². The fraction of sp³-hybridized carbons (Fsp3) is 0.444. The molecule has 0 unspecified atom stereocenters. The monoisotopic (exact) mass is 368 g/mol. The van der Waals surface area contributed by atoms with Crippen LogP contribution in [0.1, 0.15) is 19.3 Å². The highest BCUT2D eigenvalue weighted by atomic mass is 35.5. The van der Waals surface area contributed by atoms with E-state index in [0.717, 1.165) is 36.6 Å². The number of fused-ring (bicyclic) bond motifs is 1. The van der Waals surface area contributed by atoms with Crippen LogP contribution in [0.5, 0.6) is 0 Å². The molecular formula is C18H25ClN2O2S. The first-order chi connectivity index (χ1) is 11.1. The smallest absolute Gasteiger partial charge is 0.243 e. The van der Waals surface area contributed by atoms with Gasteiger partial charge in [-0.05, 0) is 50.2 Å². The average molecular weight is 369 g/mol. The second-order valence-electron chi connectivity index (χ2n) is 6.22. The van der Waals surface area contributed by atoms with Crippen molar-refractivity contribution in [3.63, 3.8) is 0 Å². The Balaban J connectivity index is 0.00000208. The lowest BCUT2D eigenvalue weighted by molar-refractivity contribution is 0.263. The zero-order chi connectivity index (χ0) is 16.3. The quantitative estimate of drug-likeness (QED) is 0.881. The average Bonchev–Trinajstić information content (AvgIpc) is 2.59. The molecule has 1 saturated heterocycles. The second-order valence-corrected chi connectivity index (χ2v) is 8.12. The molecule has 0 saturated carbocycles. The highest BCUT2D eigenvalue weighted by Gasteiger charge is 2.30. The van der Waals surface area contributed by atoms with Gasteiger partial charge < -0.3 is 5.32 Å². The molecule has 0 spiro atoms. The molecule has 1 heterocycles. The minimum atomic E-state index is -3.41. The first-order valence-electron chi connectivity index (χ1n) is 8.25. The van der Waals surface area contributed by atoms with Crippen molar-refractivity contribution < 1.29 is 8.42 Å². The summed E-state index contributed by atoms with van der Waals surface area (Å²) < 4.78 is 27.7. The third-order valence-corrected chi connectivity index (χ3v) is 6.70. The lowest BCUT2D eigenvalue weighted by atomic mass is 9.95. The summed E-state index contributed by atoms with van der Waals surface area (Å²) >= 11 is 0. The Hall–Kier alpha value is -1.14. The summed E-state index contributed by atoms with van der Waals surface area (Å²) in [4.78, 5) is 0.435. The lowest BCUT2D eigenvalue weighted by Crippen LogP contribution is -2.39. The van der Waals surface area contributed by atoms with Gasteiger partial charge in [-0.2, -0.15) is 4.31 Å². The zero-order valence-corrected chi connectivity index (χ0v) is 15.6. The highest BCUT2D eigenvalue weighted by molar-refractivity contribution is 7.89. The van der Waals surface area contributed by atoms with Crippen LogP contribution >= 0.6 is 12.4 Å². The van der Waals surface area contributed by atoms with Crippen LogP contribution in [0.2, 0.25) is 0 Å². The molecular weight excluding hydrogens is 344 g/mol. The molecule has 1 aliphatic rings. The number of piperidine rings is 1. The van der Waals surface area contributed by atoms with Crippen LogP contribution in [0.3, 0.4) is 0 Å². The maximum atomic E-state index is 13.0. The van der Waals surface area contributed by atoms with Gasteiger partial charge in [-0.25, -0.2) is 8.42 Å². The van der Waals surface area contributed by atoms with E-state index in [-0.39, 0.29) is 12.4 Å². The van der Waals surface area contributed by atoms with Gasteiger partial charge in [-0.1, -0.05) is 36.4 Å². The molecule has 0 aliphatic carbocycles.